The molecule has 0 unspecified atom stereocenters. The molecule has 0 radical (unpaired) electrons. The normalized spacial score (nSPS) is 21.8. The summed E-state index contributed by atoms with van der Waals surface area (Å²) in [4.78, 5) is 11.8. The van der Waals surface area contributed by atoms with Crippen LogP contribution in [0.1, 0.15) is 17.5 Å². The Morgan fingerprint density at radius 2 is 2.00 bits per heavy atom. The highest BCUT2D eigenvalue weighted by Crippen LogP contribution is 2.32. The molecule has 0 spiro atoms. The summed E-state index contributed by atoms with van der Waals surface area (Å²) in [5, 5.41) is 18.0. The van der Waals surface area contributed by atoms with Crippen LogP contribution in [-0.2, 0) is 26.0 Å². The molecule has 162 valence electrons. The minimum Gasteiger partial charge on any atom is -0.489 e. The molecule has 0 aromatic heterocycles. The fourth-order valence-corrected chi connectivity index (χ4v) is 5.28. The van der Waals surface area contributed by atoms with Gasteiger partial charge in [0.2, 0.25) is 0 Å². The lowest BCUT2D eigenvalue weighted by Crippen LogP contribution is -2.62. The fraction of sp³-hybridized carbons (Fsp3) is 0.350. The van der Waals surface area contributed by atoms with E-state index in [0.717, 1.165) is 11.1 Å². The van der Waals surface area contributed by atoms with Crippen LogP contribution >= 0.6 is 0 Å². The van der Waals surface area contributed by atoms with Gasteiger partial charge in [-0.15, -0.1) is 0 Å². The number of halogens is 1. The van der Waals surface area contributed by atoms with Crippen LogP contribution < -0.4 is 10.2 Å². The Balaban J connectivity index is 1.78. The van der Waals surface area contributed by atoms with Gasteiger partial charge in [0.05, 0.1) is 11.5 Å². The Bertz CT molecular complexity index is 1030. The third kappa shape index (κ3) is 4.31. The van der Waals surface area contributed by atoms with E-state index in [1.54, 1.807) is 13.0 Å². The molecule has 10 heteroatoms. The van der Waals surface area contributed by atoms with Gasteiger partial charge >= 0.3 is 0 Å². The predicted octanol–water partition coefficient (Wildman–Crippen LogP) is 1.51. The van der Waals surface area contributed by atoms with Crippen molar-refractivity contribution in [3.63, 3.8) is 0 Å². The summed E-state index contributed by atoms with van der Waals surface area (Å²) in [6, 6.07) is 9.88. The van der Waals surface area contributed by atoms with Gasteiger partial charge in [-0.05, 0) is 60.9 Å². The Hall–Kier alpha value is -2.53. The van der Waals surface area contributed by atoms with Gasteiger partial charge in [0, 0.05) is 6.61 Å². The molecule has 2 aromatic rings. The zero-order valence-electron chi connectivity index (χ0n) is 16.2. The standard InChI is InChI=1S/C20H22FNO7S/c1-13-10-15(21)3-2-14(13)11-29-16-4-6-17(7-5-16)30(26,27)18-8-9-28-12-20(18,24)19(23)22-25/h2-7,10,18,24-25H,8-9,11-12H2,1H3,(H,22,23)/t18-,20-/m1/s1. The highest BCUT2D eigenvalue weighted by Gasteiger charge is 2.53. The maximum Gasteiger partial charge on any atom is 0.279 e. The number of sulfone groups is 1. The lowest BCUT2D eigenvalue weighted by atomic mass is 9.95. The quantitative estimate of drug-likeness (QED) is 0.461. The van der Waals surface area contributed by atoms with Crippen molar-refractivity contribution in [2.75, 3.05) is 13.2 Å². The van der Waals surface area contributed by atoms with Crippen LogP contribution in [-0.4, -0.2) is 48.7 Å². The molecule has 8 nitrogen and oxygen atoms in total. The Kier molecular flexibility index (Phi) is 6.41. The molecular weight excluding hydrogens is 417 g/mol. The van der Waals surface area contributed by atoms with E-state index in [2.05, 4.69) is 0 Å². The number of benzene rings is 2. The molecule has 30 heavy (non-hydrogen) atoms. The summed E-state index contributed by atoms with van der Waals surface area (Å²) >= 11 is 0. The molecule has 1 fully saturated rings. The van der Waals surface area contributed by atoms with Gasteiger partial charge in [0.15, 0.2) is 15.4 Å². The van der Waals surface area contributed by atoms with Crippen molar-refractivity contribution in [1.29, 1.82) is 0 Å². The van der Waals surface area contributed by atoms with Crippen LogP contribution in [0.4, 0.5) is 4.39 Å². The van der Waals surface area contributed by atoms with E-state index in [4.69, 9.17) is 14.7 Å². The Labute approximate surface area is 173 Å². The molecule has 0 aliphatic carbocycles. The van der Waals surface area contributed by atoms with Crippen molar-refractivity contribution in [2.45, 2.75) is 35.7 Å². The highest BCUT2D eigenvalue weighted by molar-refractivity contribution is 7.92. The molecule has 1 aliphatic rings. The van der Waals surface area contributed by atoms with Crippen molar-refractivity contribution in [3.8, 4) is 5.75 Å². The lowest BCUT2D eigenvalue weighted by molar-refractivity contribution is -0.161. The second-order valence-electron chi connectivity index (χ2n) is 7.07. The number of aliphatic hydroxyl groups is 1. The number of aryl methyl sites for hydroxylation is 1. The van der Waals surface area contributed by atoms with Gasteiger partial charge in [-0.1, -0.05) is 6.07 Å². The van der Waals surface area contributed by atoms with E-state index < -0.39 is 33.2 Å². The summed E-state index contributed by atoms with van der Waals surface area (Å²) in [5.41, 5.74) is 0.405. The maximum atomic E-state index is 13.2. The molecule has 0 saturated carbocycles. The van der Waals surface area contributed by atoms with Crippen LogP contribution in [0.15, 0.2) is 47.4 Å². The number of hydrogen-bond donors (Lipinski definition) is 3. The first-order chi connectivity index (χ1) is 14.2. The van der Waals surface area contributed by atoms with Crippen molar-refractivity contribution < 1.29 is 37.4 Å². The number of nitrogens with one attached hydrogen (secondary N) is 1. The van der Waals surface area contributed by atoms with Crippen LogP contribution in [0, 0.1) is 12.7 Å². The third-order valence-electron chi connectivity index (χ3n) is 5.10. The van der Waals surface area contributed by atoms with E-state index in [1.165, 1.54) is 41.9 Å². The summed E-state index contributed by atoms with van der Waals surface area (Å²) < 4.78 is 49.9. The number of hydroxylamine groups is 1. The second kappa shape index (κ2) is 8.68. The van der Waals surface area contributed by atoms with Crippen molar-refractivity contribution in [3.05, 3.63) is 59.4 Å². The van der Waals surface area contributed by atoms with Gasteiger partial charge in [0.1, 0.15) is 23.4 Å². The van der Waals surface area contributed by atoms with Crippen LogP contribution in [0.5, 0.6) is 5.75 Å². The maximum absolute atomic E-state index is 13.2. The van der Waals surface area contributed by atoms with Gasteiger partial charge in [-0.3, -0.25) is 10.0 Å². The Morgan fingerprint density at radius 1 is 1.30 bits per heavy atom. The van der Waals surface area contributed by atoms with Gasteiger partial charge in [0.25, 0.3) is 5.91 Å². The SMILES string of the molecule is Cc1cc(F)ccc1COc1ccc(S(=O)(=O)[C@@H]2CCOC[C@]2(O)C(=O)NO)cc1. The molecule has 2 aromatic carbocycles. The minimum atomic E-state index is -4.12. The zero-order valence-corrected chi connectivity index (χ0v) is 17.0. The minimum absolute atomic E-state index is 0.0448. The van der Waals surface area contributed by atoms with Gasteiger partial charge in [-0.2, -0.15) is 0 Å². The highest BCUT2D eigenvalue weighted by atomic mass is 32.2. The van der Waals surface area contributed by atoms with Crippen LogP contribution in [0.2, 0.25) is 0 Å². The molecule has 2 atom stereocenters. The average Bonchev–Trinajstić information content (AvgIpc) is 2.73. The first kappa shape index (κ1) is 22.2. The number of carbonyl (C=O) groups excluding carboxylic acids is 1. The summed E-state index contributed by atoms with van der Waals surface area (Å²) in [6.07, 6.45) is -0.117. The Morgan fingerprint density at radius 3 is 2.63 bits per heavy atom. The van der Waals surface area contributed by atoms with E-state index in [0.29, 0.717) is 5.75 Å². The molecule has 1 heterocycles. The summed E-state index contributed by atoms with van der Waals surface area (Å²) in [6.45, 7) is 1.42. The molecule has 1 saturated heterocycles. The van der Waals surface area contributed by atoms with Crippen molar-refractivity contribution >= 4 is 15.7 Å². The predicted molar refractivity (Wildman–Crippen MR) is 103 cm³/mol. The molecular formula is C20H22FNO7S. The van der Waals surface area contributed by atoms with E-state index >= 15 is 0 Å². The first-order valence-electron chi connectivity index (χ1n) is 9.15. The monoisotopic (exact) mass is 439 g/mol. The van der Waals surface area contributed by atoms with Crippen molar-refractivity contribution in [2.24, 2.45) is 0 Å². The molecule has 0 bridgehead atoms. The topological polar surface area (TPSA) is 122 Å². The second-order valence-corrected chi connectivity index (χ2v) is 9.20. The third-order valence-corrected chi connectivity index (χ3v) is 7.40. The number of ether oxygens (including phenoxy) is 2. The van der Waals surface area contributed by atoms with Crippen molar-refractivity contribution in [1.82, 2.24) is 5.48 Å². The average molecular weight is 439 g/mol. The molecule has 1 aliphatic heterocycles. The number of carbonyl (C=O) groups is 1. The van der Waals surface area contributed by atoms with Crippen LogP contribution in [0.3, 0.4) is 0 Å². The van der Waals surface area contributed by atoms with E-state index in [-0.39, 0.29) is 30.3 Å². The zero-order chi connectivity index (χ0) is 21.9. The number of rotatable bonds is 6. The van der Waals surface area contributed by atoms with Gasteiger partial charge in [-0.25, -0.2) is 18.3 Å². The lowest BCUT2D eigenvalue weighted by Gasteiger charge is -2.36. The largest absolute Gasteiger partial charge is 0.489 e. The smallest absolute Gasteiger partial charge is 0.279 e. The number of hydrogen-bond acceptors (Lipinski definition) is 7. The summed E-state index contributed by atoms with van der Waals surface area (Å²) in [7, 11) is -4.12. The number of amides is 1. The summed E-state index contributed by atoms with van der Waals surface area (Å²) in [5.74, 6) is -1.19. The molecule has 3 N–H and O–H groups in total. The van der Waals surface area contributed by atoms with Crippen LogP contribution in [0.25, 0.3) is 0 Å². The fourth-order valence-electron chi connectivity index (χ4n) is 3.34. The van der Waals surface area contributed by atoms with E-state index in [9.17, 15) is 22.7 Å². The van der Waals surface area contributed by atoms with Gasteiger partial charge < -0.3 is 14.6 Å². The first-order valence-corrected chi connectivity index (χ1v) is 10.7. The molecule has 3 rings (SSSR count). The molecule has 1 amide bonds. The van der Waals surface area contributed by atoms with E-state index in [1.807, 2.05) is 0 Å².